The summed E-state index contributed by atoms with van der Waals surface area (Å²) in [5, 5.41) is 0. The third kappa shape index (κ3) is 3.10. The van der Waals surface area contributed by atoms with E-state index in [4.69, 9.17) is 9.15 Å². The normalized spacial score (nSPS) is 39.7. The summed E-state index contributed by atoms with van der Waals surface area (Å²) in [5.74, 6) is 3.19. The van der Waals surface area contributed by atoms with Gasteiger partial charge in [0.05, 0.1) is 6.26 Å². The smallest absolute Gasteiger partial charge is 0.316 e. The molecule has 7 atom stereocenters. The highest BCUT2D eigenvalue weighted by molar-refractivity contribution is 5.91. The van der Waals surface area contributed by atoms with Gasteiger partial charge < -0.3 is 9.15 Å². The molecule has 0 bridgehead atoms. The predicted molar refractivity (Wildman–Crippen MR) is 109 cm³/mol. The monoisotopic (exact) mass is 396 g/mol. The van der Waals surface area contributed by atoms with Crippen LogP contribution in [0.3, 0.4) is 0 Å². The van der Waals surface area contributed by atoms with E-state index in [1.807, 2.05) is 25.1 Å². The number of ketones is 1. The Morgan fingerprint density at radius 3 is 2.83 bits per heavy atom. The molecule has 1 unspecified atom stereocenters. The molecule has 3 fully saturated rings. The lowest BCUT2D eigenvalue weighted by atomic mass is 9.52. The molecule has 3 saturated carbocycles. The molecule has 5 rings (SSSR count). The summed E-state index contributed by atoms with van der Waals surface area (Å²) in [6, 6.07) is 3.66. The van der Waals surface area contributed by atoms with Gasteiger partial charge in [0.25, 0.3) is 0 Å². The molecule has 156 valence electrons. The number of allylic oxidation sites excluding steroid dienone is 1. The molecule has 0 amide bonds. The number of hydrogen-bond acceptors (Lipinski definition) is 4. The van der Waals surface area contributed by atoms with Crippen molar-refractivity contribution in [2.24, 2.45) is 29.1 Å². The minimum Gasteiger partial charge on any atom is -0.468 e. The average Bonchev–Trinajstić information content (AvgIpc) is 3.35. The predicted octanol–water partition coefficient (Wildman–Crippen LogP) is 5.44. The molecular formula is C25H32O4. The summed E-state index contributed by atoms with van der Waals surface area (Å²) in [6.07, 6.45) is 12.1. The standard InChI is InChI=1S/C25H32O4/c1-15(22-4-3-13-28-22)24(27)29-23-10-9-21-20-7-5-16-14-17(26)6-8-18(16)19(20)11-12-25(21,23)2/h3-4,13-15,18-21,23H,5-12H2,1-2H3/t15?,18-,19+,20+,21-,23-,25-/m0/s1. The van der Waals surface area contributed by atoms with Crippen molar-refractivity contribution < 1.29 is 18.7 Å². The van der Waals surface area contributed by atoms with Gasteiger partial charge in [-0.25, -0.2) is 0 Å². The lowest BCUT2D eigenvalue weighted by Crippen LogP contribution is -2.48. The van der Waals surface area contributed by atoms with Crippen LogP contribution < -0.4 is 0 Å². The van der Waals surface area contributed by atoms with Crippen molar-refractivity contribution in [2.75, 3.05) is 0 Å². The van der Waals surface area contributed by atoms with Crippen LogP contribution in [0.25, 0.3) is 0 Å². The molecule has 0 aliphatic heterocycles. The van der Waals surface area contributed by atoms with Gasteiger partial charge >= 0.3 is 5.97 Å². The van der Waals surface area contributed by atoms with E-state index >= 15 is 0 Å². The molecule has 1 aromatic rings. The van der Waals surface area contributed by atoms with E-state index in [1.54, 1.807) is 6.26 Å². The van der Waals surface area contributed by atoms with E-state index in [1.165, 1.54) is 18.4 Å². The van der Waals surface area contributed by atoms with Gasteiger partial charge in [0.15, 0.2) is 5.78 Å². The Balaban J connectivity index is 1.31. The van der Waals surface area contributed by atoms with E-state index in [-0.39, 0.29) is 23.4 Å². The van der Waals surface area contributed by atoms with E-state index in [9.17, 15) is 9.59 Å². The van der Waals surface area contributed by atoms with Crippen molar-refractivity contribution in [1.29, 1.82) is 0 Å². The first-order valence-electron chi connectivity index (χ1n) is 11.4. The molecule has 1 aromatic heterocycles. The van der Waals surface area contributed by atoms with Crippen LogP contribution >= 0.6 is 0 Å². The Morgan fingerprint density at radius 2 is 2.03 bits per heavy atom. The molecule has 4 aliphatic rings. The minimum atomic E-state index is -0.355. The molecule has 4 nitrogen and oxygen atoms in total. The van der Waals surface area contributed by atoms with Gasteiger partial charge in [-0.15, -0.1) is 0 Å². The van der Waals surface area contributed by atoms with Crippen molar-refractivity contribution in [1.82, 2.24) is 0 Å². The van der Waals surface area contributed by atoms with Crippen molar-refractivity contribution in [2.45, 2.75) is 77.2 Å². The van der Waals surface area contributed by atoms with Crippen molar-refractivity contribution in [3.8, 4) is 0 Å². The molecule has 29 heavy (non-hydrogen) atoms. The maximum atomic E-state index is 12.8. The third-order valence-corrected chi connectivity index (χ3v) is 8.80. The molecule has 0 spiro atoms. The van der Waals surface area contributed by atoms with E-state index < -0.39 is 0 Å². The van der Waals surface area contributed by atoms with E-state index in [0.717, 1.165) is 50.4 Å². The van der Waals surface area contributed by atoms with E-state index in [2.05, 4.69) is 6.92 Å². The quantitative estimate of drug-likeness (QED) is 0.639. The fraction of sp³-hybridized carbons (Fsp3) is 0.680. The largest absolute Gasteiger partial charge is 0.468 e. The number of rotatable bonds is 3. The molecular weight excluding hydrogens is 364 g/mol. The van der Waals surface area contributed by atoms with Gasteiger partial charge in [-0.2, -0.15) is 0 Å². The van der Waals surface area contributed by atoms with Crippen LogP contribution in [-0.4, -0.2) is 17.9 Å². The summed E-state index contributed by atoms with van der Waals surface area (Å²) in [6.45, 7) is 4.23. The number of furan rings is 1. The number of ether oxygens (including phenoxy) is 1. The SMILES string of the molecule is CC(C(=O)O[C@H]1CC[C@H]2[C@@H]3CCC4=CC(=O)CC[C@@H]4[C@H]3CC[C@]12C)c1ccco1. The Morgan fingerprint density at radius 1 is 1.17 bits per heavy atom. The molecule has 1 heterocycles. The van der Waals surface area contributed by atoms with Gasteiger partial charge in [0.2, 0.25) is 0 Å². The Kier molecular flexibility index (Phi) is 4.71. The number of hydrogen-bond donors (Lipinski definition) is 0. The lowest BCUT2D eigenvalue weighted by Gasteiger charge is -2.53. The highest BCUT2D eigenvalue weighted by Gasteiger charge is 2.57. The minimum absolute atomic E-state index is 0.0169. The Labute approximate surface area is 173 Å². The van der Waals surface area contributed by atoms with Crippen LogP contribution in [0, 0.1) is 29.1 Å². The van der Waals surface area contributed by atoms with Gasteiger partial charge in [-0.3, -0.25) is 9.59 Å². The van der Waals surface area contributed by atoms with Crippen LogP contribution in [0.4, 0.5) is 0 Å². The van der Waals surface area contributed by atoms with Gasteiger partial charge in [-0.1, -0.05) is 12.5 Å². The van der Waals surface area contributed by atoms with Gasteiger partial charge in [0.1, 0.15) is 17.8 Å². The summed E-state index contributed by atoms with van der Waals surface area (Å²) in [5.41, 5.74) is 1.52. The van der Waals surface area contributed by atoms with Crippen LogP contribution in [0.1, 0.15) is 76.9 Å². The zero-order valence-corrected chi connectivity index (χ0v) is 17.6. The highest BCUT2D eigenvalue weighted by atomic mass is 16.5. The highest BCUT2D eigenvalue weighted by Crippen LogP contribution is 2.62. The van der Waals surface area contributed by atoms with Gasteiger partial charge in [-0.05, 0) is 93.7 Å². The zero-order valence-electron chi connectivity index (χ0n) is 17.6. The van der Waals surface area contributed by atoms with Crippen LogP contribution in [-0.2, 0) is 14.3 Å². The molecule has 4 heteroatoms. The van der Waals surface area contributed by atoms with E-state index in [0.29, 0.717) is 23.4 Å². The molecule has 0 saturated heterocycles. The lowest BCUT2D eigenvalue weighted by molar-refractivity contribution is -0.160. The van der Waals surface area contributed by atoms with Crippen molar-refractivity contribution >= 4 is 11.8 Å². The second kappa shape index (κ2) is 7.14. The molecule has 0 radical (unpaired) electrons. The van der Waals surface area contributed by atoms with Crippen LogP contribution in [0.2, 0.25) is 0 Å². The summed E-state index contributed by atoms with van der Waals surface area (Å²) in [4.78, 5) is 24.7. The van der Waals surface area contributed by atoms with Crippen LogP contribution in [0.15, 0.2) is 34.5 Å². The number of carbonyl (C=O) groups is 2. The average molecular weight is 397 g/mol. The fourth-order valence-electron chi connectivity index (χ4n) is 7.22. The summed E-state index contributed by atoms with van der Waals surface area (Å²) in [7, 11) is 0. The van der Waals surface area contributed by atoms with Crippen molar-refractivity contribution in [3.63, 3.8) is 0 Å². The number of carbonyl (C=O) groups excluding carboxylic acids is 2. The first-order valence-corrected chi connectivity index (χ1v) is 11.4. The maximum Gasteiger partial charge on any atom is 0.316 e. The fourth-order valence-corrected chi connectivity index (χ4v) is 7.22. The van der Waals surface area contributed by atoms with Crippen molar-refractivity contribution in [3.05, 3.63) is 35.8 Å². The number of esters is 1. The topological polar surface area (TPSA) is 56.5 Å². The maximum absolute atomic E-state index is 12.8. The first kappa shape index (κ1) is 19.1. The Bertz CT molecular complexity index is 822. The number of fused-ring (bicyclic) bond motifs is 5. The van der Waals surface area contributed by atoms with Gasteiger partial charge in [0, 0.05) is 11.8 Å². The Hall–Kier alpha value is -1.84. The zero-order chi connectivity index (χ0) is 20.2. The second-order valence-electron chi connectivity index (χ2n) is 10.1. The summed E-state index contributed by atoms with van der Waals surface area (Å²) >= 11 is 0. The summed E-state index contributed by atoms with van der Waals surface area (Å²) < 4.78 is 11.5. The van der Waals surface area contributed by atoms with Crippen LogP contribution in [0.5, 0.6) is 0 Å². The second-order valence-corrected chi connectivity index (χ2v) is 10.1. The third-order valence-electron chi connectivity index (χ3n) is 8.80. The molecule has 4 aliphatic carbocycles. The molecule has 0 aromatic carbocycles. The molecule has 0 N–H and O–H groups in total. The first-order chi connectivity index (χ1) is 14.0.